The van der Waals surface area contributed by atoms with Gasteiger partial charge in [-0.05, 0) is 36.8 Å². The SMILES string of the molecule is CSc1c(F)cc(C2(N)CCCC2)cc1S(C)(=O)=O. The second-order valence-corrected chi connectivity index (χ2v) is 7.93. The Bertz CT molecular complexity index is 593. The number of rotatable bonds is 3. The van der Waals surface area contributed by atoms with Crippen LogP contribution in [0.25, 0.3) is 0 Å². The molecule has 106 valence electrons. The maximum absolute atomic E-state index is 14.1. The van der Waals surface area contributed by atoms with E-state index in [-0.39, 0.29) is 9.79 Å². The highest BCUT2D eigenvalue weighted by Crippen LogP contribution is 2.39. The quantitative estimate of drug-likeness (QED) is 0.872. The first kappa shape index (κ1) is 14.8. The first-order valence-corrected chi connectivity index (χ1v) is 9.26. The van der Waals surface area contributed by atoms with E-state index in [0.717, 1.165) is 43.7 Å². The molecule has 1 fully saturated rings. The summed E-state index contributed by atoms with van der Waals surface area (Å²) in [5, 5.41) is 0. The van der Waals surface area contributed by atoms with Crippen molar-refractivity contribution in [3.8, 4) is 0 Å². The highest BCUT2D eigenvalue weighted by atomic mass is 32.2. The van der Waals surface area contributed by atoms with Crippen molar-refractivity contribution in [3.05, 3.63) is 23.5 Å². The fraction of sp³-hybridized carbons (Fsp3) is 0.538. The third kappa shape index (κ3) is 2.80. The van der Waals surface area contributed by atoms with Crippen molar-refractivity contribution in [1.29, 1.82) is 0 Å². The minimum atomic E-state index is -3.46. The molecule has 0 amide bonds. The molecular weight excluding hydrogens is 285 g/mol. The molecule has 0 bridgehead atoms. The molecular formula is C13H18FNO2S2. The molecule has 6 heteroatoms. The number of halogens is 1. The van der Waals surface area contributed by atoms with Crippen molar-refractivity contribution >= 4 is 21.6 Å². The van der Waals surface area contributed by atoms with Crippen molar-refractivity contribution < 1.29 is 12.8 Å². The molecule has 3 nitrogen and oxygen atoms in total. The topological polar surface area (TPSA) is 60.2 Å². The minimum Gasteiger partial charge on any atom is -0.321 e. The molecule has 1 aliphatic rings. The summed E-state index contributed by atoms with van der Waals surface area (Å²) in [5.41, 5.74) is 6.30. The smallest absolute Gasteiger partial charge is 0.176 e. The number of hydrogen-bond acceptors (Lipinski definition) is 4. The number of sulfone groups is 1. The number of nitrogens with two attached hydrogens (primary N) is 1. The zero-order valence-electron chi connectivity index (χ0n) is 11.1. The molecule has 1 aliphatic carbocycles. The van der Waals surface area contributed by atoms with Gasteiger partial charge in [0, 0.05) is 11.8 Å². The molecule has 0 aliphatic heterocycles. The van der Waals surface area contributed by atoms with Gasteiger partial charge in [-0.1, -0.05) is 12.8 Å². The summed E-state index contributed by atoms with van der Waals surface area (Å²) < 4.78 is 37.8. The number of hydrogen-bond donors (Lipinski definition) is 1. The second-order valence-electron chi connectivity index (χ2n) is 5.12. The van der Waals surface area contributed by atoms with Crippen LogP contribution in [0.2, 0.25) is 0 Å². The first-order valence-electron chi connectivity index (χ1n) is 6.15. The predicted molar refractivity (Wildman–Crippen MR) is 75.6 cm³/mol. The van der Waals surface area contributed by atoms with E-state index in [2.05, 4.69) is 0 Å². The van der Waals surface area contributed by atoms with Crippen molar-refractivity contribution in [3.63, 3.8) is 0 Å². The Morgan fingerprint density at radius 2 is 1.89 bits per heavy atom. The van der Waals surface area contributed by atoms with Gasteiger partial charge >= 0.3 is 0 Å². The van der Waals surface area contributed by atoms with E-state index >= 15 is 0 Å². The molecule has 0 atom stereocenters. The lowest BCUT2D eigenvalue weighted by Crippen LogP contribution is -2.33. The van der Waals surface area contributed by atoms with E-state index in [1.165, 1.54) is 6.07 Å². The molecule has 2 N–H and O–H groups in total. The van der Waals surface area contributed by atoms with E-state index in [1.807, 2.05) is 0 Å². The zero-order valence-corrected chi connectivity index (χ0v) is 12.7. The zero-order chi connectivity index (χ0) is 14.3. The van der Waals surface area contributed by atoms with Gasteiger partial charge in [0.15, 0.2) is 9.84 Å². The van der Waals surface area contributed by atoms with Crippen LogP contribution in [-0.4, -0.2) is 20.9 Å². The summed E-state index contributed by atoms with van der Waals surface area (Å²) in [6.07, 6.45) is 6.30. The van der Waals surface area contributed by atoms with E-state index in [4.69, 9.17) is 5.73 Å². The highest BCUT2D eigenvalue weighted by molar-refractivity contribution is 7.99. The van der Waals surface area contributed by atoms with Crippen LogP contribution in [0.15, 0.2) is 21.9 Å². The molecule has 0 heterocycles. The van der Waals surface area contributed by atoms with Gasteiger partial charge in [0.1, 0.15) is 5.82 Å². The predicted octanol–water partition coefficient (Wildman–Crippen LogP) is 2.68. The maximum Gasteiger partial charge on any atom is 0.176 e. The Hall–Kier alpha value is -0.590. The third-order valence-electron chi connectivity index (χ3n) is 3.68. The Labute approximate surface area is 117 Å². The van der Waals surface area contributed by atoms with E-state index in [9.17, 15) is 12.8 Å². The van der Waals surface area contributed by atoms with Crippen molar-refractivity contribution in [2.45, 2.75) is 41.0 Å². The normalized spacial score (nSPS) is 18.7. The lowest BCUT2D eigenvalue weighted by Gasteiger charge is -2.25. The van der Waals surface area contributed by atoms with E-state index in [1.54, 1.807) is 12.3 Å². The monoisotopic (exact) mass is 303 g/mol. The van der Waals surface area contributed by atoms with Gasteiger partial charge in [0.2, 0.25) is 0 Å². The van der Waals surface area contributed by atoms with Crippen LogP contribution in [0.1, 0.15) is 31.2 Å². The molecule has 0 radical (unpaired) electrons. The molecule has 0 spiro atoms. The summed E-state index contributed by atoms with van der Waals surface area (Å²) in [6.45, 7) is 0. The Morgan fingerprint density at radius 3 is 2.37 bits per heavy atom. The molecule has 19 heavy (non-hydrogen) atoms. The van der Waals surface area contributed by atoms with Gasteiger partial charge in [-0.2, -0.15) is 0 Å². The summed E-state index contributed by atoms with van der Waals surface area (Å²) in [7, 11) is -3.46. The van der Waals surface area contributed by atoms with Gasteiger partial charge in [-0.3, -0.25) is 0 Å². The van der Waals surface area contributed by atoms with Gasteiger partial charge in [-0.25, -0.2) is 12.8 Å². The lowest BCUT2D eigenvalue weighted by molar-refractivity contribution is 0.453. The minimum absolute atomic E-state index is 0.0479. The van der Waals surface area contributed by atoms with Crippen molar-refractivity contribution in [2.24, 2.45) is 5.73 Å². The Morgan fingerprint density at radius 1 is 1.32 bits per heavy atom. The van der Waals surface area contributed by atoms with Crippen LogP contribution < -0.4 is 5.73 Å². The van der Waals surface area contributed by atoms with Gasteiger partial charge < -0.3 is 5.73 Å². The van der Waals surface area contributed by atoms with Crippen molar-refractivity contribution in [1.82, 2.24) is 0 Å². The fourth-order valence-electron chi connectivity index (χ4n) is 2.62. The molecule has 0 aromatic heterocycles. The summed E-state index contributed by atoms with van der Waals surface area (Å²) >= 11 is 1.10. The van der Waals surface area contributed by atoms with E-state index in [0.29, 0.717) is 5.56 Å². The summed E-state index contributed by atoms with van der Waals surface area (Å²) in [4.78, 5) is 0.222. The third-order valence-corrected chi connectivity index (χ3v) is 5.76. The van der Waals surface area contributed by atoms with Crippen molar-refractivity contribution in [2.75, 3.05) is 12.5 Å². The first-order chi connectivity index (χ1) is 8.78. The van der Waals surface area contributed by atoms with Crippen LogP contribution in [0, 0.1) is 5.82 Å². The fourth-order valence-corrected chi connectivity index (χ4v) is 4.62. The molecule has 1 saturated carbocycles. The average Bonchev–Trinajstić information content (AvgIpc) is 2.75. The number of thioether (sulfide) groups is 1. The van der Waals surface area contributed by atoms with Crippen LogP contribution in [0.5, 0.6) is 0 Å². The largest absolute Gasteiger partial charge is 0.321 e. The number of benzene rings is 1. The van der Waals surface area contributed by atoms with Gasteiger partial charge in [0.25, 0.3) is 0 Å². The van der Waals surface area contributed by atoms with Crippen LogP contribution in [0.4, 0.5) is 4.39 Å². The van der Waals surface area contributed by atoms with Gasteiger partial charge in [0.05, 0.1) is 9.79 Å². The lowest BCUT2D eigenvalue weighted by atomic mass is 9.89. The van der Waals surface area contributed by atoms with Crippen LogP contribution in [0.3, 0.4) is 0 Å². The molecule has 0 unspecified atom stereocenters. The van der Waals surface area contributed by atoms with Gasteiger partial charge in [-0.15, -0.1) is 11.8 Å². The Balaban J connectivity index is 2.63. The molecule has 2 rings (SSSR count). The van der Waals surface area contributed by atoms with Crippen LogP contribution in [-0.2, 0) is 15.4 Å². The average molecular weight is 303 g/mol. The maximum atomic E-state index is 14.1. The molecule has 1 aromatic carbocycles. The summed E-state index contributed by atoms with van der Waals surface area (Å²) in [5.74, 6) is -0.498. The van der Waals surface area contributed by atoms with E-state index < -0.39 is 21.2 Å². The second kappa shape index (κ2) is 5.07. The Kier molecular flexibility index (Phi) is 3.95. The molecule has 0 saturated heterocycles. The summed E-state index contributed by atoms with van der Waals surface area (Å²) in [6, 6.07) is 2.95. The standard InChI is InChI=1S/C13H18FNO2S2/c1-18-12-10(14)7-9(8-11(12)19(2,16)17)13(15)5-3-4-6-13/h7-8H,3-6,15H2,1-2H3. The molecule has 1 aromatic rings. The highest BCUT2D eigenvalue weighted by Gasteiger charge is 2.33. The van der Waals surface area contributed by atoms with Crippen LogP contribution >= 0.6 is 11.8 Å².